The van der Waals surface area contributed by atoms with Gasteiger partial charge in [0.15, 0.2) is 11.5 Å². The molecule has 0 saturated carbocycles. The summed E-state index contributed by atoms with van der Waals surface area (Å²) < 4.78 is 47.0. The number of rotatable bonds is 13. The van der Waals surface area contributed by atoms with E-state index in [1.54, 1.807) is 24.3 Å². The smallest absolute Gasteiger partial charge is 0.280 e. The average Bonchev–Trinajstić information content (AvgIpc) is 2.77. The summed E-state index contributed by atoms with van der Waals surface area (Å²) in [5, 5.41) is 3.88. The number of nitrogens with zero attached hydrogens (tertiary/aromatic N) is 1. The van der Waals surface area contributed by atoms with Crippen LogP contribution in [0, 0.1) is 0 Å². The molecule has 0 fully saturated rings. The first-order valence-corrected chi connectivity index (χ1v) is 11.6. The second-order valence-corrected chi connectivity index (χ2v) is 8.19. The molecule has 0 unspecified atom stereocenters. The Bertz CT molecular complexity index is 976. The SMILES string of the molecule is CCCCCOc1ccc(/C=N/NS(=O)(=O)c2cc(OC)ccc2OC)cc1OCC. The minimum atomic E-state index is -3.96. The lowest BCUT2D eigenvalue weighted by molar-refractivity contribution is 0.271. The predicted molar refractivity (Wildman–Crippen MR) is 120 cm³/mol. The van der Waals surface area contributed by atoms with Crippen molar-refractivity contribution in [2.75, 3.05) is 27.4 Å². The molecule has 0 aliphatic heterocycles. The standard InChI is InChI=1S/C22H30N2O6S/c1-5-7-8-13-30-19-11-9-17(14-21(19)29-6-2)16-23-24-31(25,26)22-15-18(27-3)10-12-20(22)28-4/h9-12,14-16,24H,5-8,13H2,1-4H3/b23-16+. The van der Waals surface area contributed by atoms with E-state index < -0.39 is 10.0 Å². The fraction of sp³-hybridized carbons (Fsp3) is 0.409. The highest BCUT2D eigenvalue weighted by Gasteiger charge is 2.20. The highest BCUT2D eigenvalue weighted by atomic mass is 32.2. The number of methoxy groups -OCH3 is 2. The predicted octanol–water partition coefficient (Wildman–Crippen LogP) is 3.98. The van der Waals surface area contributed by atoms with E-state index >= 15 is 0 Å². The Morgan fingerprint density at radius 2 is 1.71 bits per heavy atom. The molecule has 2 rings (SSSR count). The number of unbranched alkanes of at least 4 members (excludes halogenated alkanes) is 2. The van der Waals surface area contributed by atoms with Gasteiger partial charge in [-0.15, -0.1) is 0 Å². The van der Waals surface area contributed by atoms with Crippen LogP contribution in [0.4, 0.5) is 0 Å². The van der Waals surface area contributed by atoms with Gasteiger partial charge >= 0.3 is 0 Å². The van der Waals surface area contributed by atoms with E-state index in [-0.39, 0.29) is 10.6 Å². The third-order valence-electron chi connectivity index (χ3n) is 4.32. The minimum Gasteiger partial charge on any atom is -0.497 e. The maximum absolute atomic E-state index is 12.7. The van der Waals surface area contributed by atoms with E-state index in [0.29, 0.717) is 36.0 Å². The molecule has 0 aliphatic carbocycles. The monoisotopic (exact) mass is 450 g/mol. The zero-order chi connectivity index (χ0) is 22.7. The summed E-state index contributed by atoms with van der Waals surface area (Å²) in [5.41, 5.74) is 0.657. The Morgan fingerprint density at radius 3 is 2.39 bits per heavy atom. The van der Waals surface area contributed by atoms with Crippen LogP contribution < -0.4 is 23.8 Å². The van der Waals surface area contributed by atoms with Crippen LogP contribution in [0.2, 0.25) is 0 Å². The molecule has 0 atom stereocenters. The molecule has 0 heterocycles. The third kappa shape index (κ3) is 7.06. The van der Waals surface area contributed by atoms with Gasteiger partial charge in [0.1, 0.15) is 16.4 Å². The molecule has 1 N–H and O–H groups in total. The summed E-state index contributed by atoms with van der Waals surface area (Å²) >= 11 is 0. The molecule has 0 bridgehead atoms. The summed E-state index contributed by atoms with van der Waals surface area (Å²) in [6, 6.07) is 9.82. The zero-order valence-electron chi connectivity index (χ0n) is 18.4. The Hall–Kier alpha value is -2.94. The van der Waals surface area contributed by atoms with E-state index in [9.17, 15) is 8.42 Å². The minimum absolute atomic E-state index is 0.0719. The molecule has 9 heteroatoms. The summed E-state index contributed by atoms with van der Waals surface area (Å²) in [7, 11) is -1.11. The Morgan fingerprint density at radius 1 is 0.935 bits per heavy atom. The fourth-order valence-corrected chi connectivity index (χ4v) is 3.72. The molecule has 0 aromatic heterocycles. The van der Waals surface area contributed by atoms with Crippen LogP contribution in [-0.2, 0) is 10.0 Å². The summed E-state index contributed by atoms with van der Waals surface area (Å²) in [5.74, 6) is 1.81. The third-order valence-corrected chi connectivity index (χ3v) is 5.56. The van der Waals surface area contributed by atoms with Gasteiger partial charge in [-0.05, 0) is 49.2 Å². The molecule has 0 saturated heterocycles. The molecular formula is C22H30N2O6S. The first-order valence-electron chi connectivity index (χ1n) is 10.1. The van der Waals surface area contributed by atoms with Crippen molar-refractivity contribution in [1.29, 1.82) is 0 Å². The first-order chi connectivity index (χ1) is 14.9. The van der Waals surface area contributed by atoms with Crippen molar-refractivity contribution in [3.05, 3.63) is 42.0 Å². The largest absolute Gasteiger partial charge is 0.497 e. The number of hydrogen-bond acceptors (Lipinski definition) is 7. The van der Waals surface area contributed by atoms with Crippen molar-refractivity contribution in [1.82, 2.24) is 4.83 Å². The number of ether oxygens (including phenoxy) is 4. The van der Waals surface area contributed by atoms with Crippen molar-refractivity contribution < 1.29 is 27.4 Å². The van der Waals surface area contributed by atoms with Crippen LogP contribution in [-0.4, -0.2) is 42.1 Å². The molecule has 0 amide bonds. The van der Waals surface area contributed by atoms with Gasteiger partial charge < -0.3 is 18.9 Å². The van der Waals surface area contributed by atoms with Crippen molar-refractivity contribution in [2.45, 2.75) is 38.0 Å². The van der Waals surface area contributed by atoms with Crippen molar-refractivity contribution >= 4 is 16.2 Å². The topological polar surface area (TPSA) is 95.5 Å². The van der Waals surface area contributed by atoms with E-state index in [0.717, 1.165) is 19.3 Å². The zero-order valence-corrected chi connectivity index (χ0v) is 19.2. The van der Waals surface area contributed by atoms with Gasteiger partial charge in [-0.3, -0.25) is 0 Å². The van der Waals surface area contributed by atoms with Gasteiger partial charge in [-0.1, -0.05) is 19.8 Å². The number of nitrogens with one attached hydrogen (secondary N) is 1. The molecule has 8 nitrogen and oxygen atoms in total. The molecule has 170 valence electrons. The molecule has 2 aromatic carbocycles. The maximum Gasteiger partial charge on any atom is 0.280 e. The normalized spacial score (nSPS) is 11.4. The van der Waals surface area contributed by atoms with Crippen LogP contribution in [0.25, 0.3) is 0 Å². The summed E-state index contributed by atoms with van der Waals surface area (Å²) in [6.45, 7) is 5.12. The lowest BCUT2D eigenvalue weighted by Crippen LogP contribution is -2.19. The van der Waals surface area contributed by atoms with E-state index in [2.05, 4.69) is 16.9 Å². The molecule has 31 heavy (non-hydrogen) atoms. The van der Waals surface area contributed by atoms with Gasteiger partial charge in [-0.2, -0.15) is 18.4 Å². The number of hydrogen-bond donors (Lipinski definition) is 1. The van der Waals surface area contributed by atoms with E-state index in [1.807, 2.05) is 6.92 Å². The van der Waals surface area contributed by atoms with Crippen LogP contribution in [0.3, 0.4) is 0 Å². The van der Waals surface area contributed by atoms with Gasteiger partial charge in [0.05, 0.1) is 33.6 Å². The maximum atomic E-state index is 12.7. The van der Waals surface area contributed by atoms with Gasteiger partial charge in [0.25, 0.3) is 10.0 Å². The van der Waals surface area contributed by atoms with Crippen LogP contribution in [0.1, 0.15) is 38.7 Å². The summed E-state index contributed by atoms with van der Waals surface area (Å²) in [4.78, 5) is 2.13. The molecule has 0 radical (unpaired) electrons. The number of hydrazone groups is 1. The van der Waals surface area contributed by atoms with E-state index in [1.165, 1.54) is 32.6 Å². The Balaban J connectivity index is 2.15. The highest BCUT2D eigenvalue weighted by molar-refractivity contribution is 7.89. The van der Waals surface area contributed by atoms with E-state index in [4.69, 9.17) is 18.9 Å². The summed E-state index contributed by atoms with van der Waals surface area (Å²) in [6.07, 6.45) is 4.59. The lowest BCUT2D eigenvalue weighted by Gasteiger charge is -2.12. The Kier molecular flexibility index (Phi) is 9.45. The van der Waals surface area contributed by atoms with Crippen molar-refractivity contribution in [3.63, 3.8) is 0 Å². The molecular weight excluding hydrogens is 420 g/mol. The van der Waals surface area contributed by atoms with Gasteiger partial charge in [-0.25, -0.2) is 0 Å². The lowest BCUT2D eigenvalue weighted by atomic mass is 10.2. The molecule has 0 spiro atoms. The van der Waals surface area contributed by atoms with Crippen LogP contribution >= 0.6 is 0 Å². The van der Waals surface area contributed by atoms with Crippen molar-refractivity contribution in [2.24, 2.45) is 5.10 Å². The second-order valence-electron chi connectivity index (χ2n) is 6.56. The molecule has 2 aromatic rings. The Labute approximate surface area is 184 Å². The fourth-order valence-electron chi connectivity index (χ4n) is 2.74. The molecule has 0 aliphatic rings. The van der Waals surface area contributed by atoms with Crippen LogP contribution in [0.5, 0.6) is 23.0 Å². The highest BCUT2D eigenvalue weighted by Crippen LogP contribution is 2.29. The first kappa shape index (κ1) is 24.3. The number of sulfonamides is 1. The quantitative estimate of drug-likeness (QED) is 0.282. The van der Waals surface area contributed by atoms with Crippen LogP contribution in [0.15, 0.2) is 46.4 Å². The van der Waals surface area contributed by atoms with Gasteiger partial charge in [0, 0.05) is 6.07 Å². The van der Waals surface area contributed by atoms with Crippen molar-refractivity contribution in [3.8, 4) is 23.0 Å². The second kappa shape index (κ2) is 12.0. The van der Waals surface area contributed by atoms with Gasteiger partial charge in [0.2, 0.25) is 0 Å². The average molecular weight is 451 g/mol. The number of benzene rings is 2.